The number of piperidine rings is 1. The molecule has 46 heavy (non-hydrogen) atoms. The zero-order valence-electron chi connectivity index (χ0n) is 25.3. The molecule has 0 spiro atoms. The Bertz CT molecular complexity index is 1690. The number of hydrogen-bond donors (Lipinski definition) is 4. The van der Waals surface area contributed by atoms with E-state index in [4.69, 9.17) is 51.3 Å². The summed E-state index contributed by atoms with van der Waals surface area (Å²) < 4.78 is 28.2. The van der Waals surface area contributed by atoms with Crippen LogP contribution in [0.1, 0.15) is 49.8 Å². The second kappa shape index (κ2) is 14.7. The topological polar surface area (TPSA) is 169 Å². The van der Waals surface area contributed by atoms with Gasteiger partial charge in [-0.05, 0) is 82.1 Å². The number of aromatic nitrogens is 2. The van der Waals surface area contributed by atoms with Crippen molar-refractivity contribution in [3.8, 4) is 0 Å². The molecule has 0 radical (unpaired) electrons. The number of nitrogens with two attached hydrogens (primary N) is 2. The first-order valence-electron chi connectivity index (χ1n) is 15.1. The van der Waals surface area contributed by atoms with Gasteiger partial charge in [0.2, 0.25) is 21.9 Å². The normalized spacial score (nSPS) is 21.1. The SMILES string of the molecule is Cc1ccc(S(=O)(=O)N2CCC[C@@H](Nc3ncc(/N=C(\N)Nc4c(Cl)cc(Cl)cc4Cl)c(C[C@H]4CC[C@@H](C(N)=O)CC4)n3)C2)cc1. The number of hydrogen-bond acceptors (Lipinski definition) is 7. The number of halogens is 3. The minimum Gasteiger partial charge on any atom is -0.369 e. The Kier molecular flexibility index (Phi) is 10.9. The summed E-state index contributed by atoms with van der Waals surface area (Å²) in [4.78, 5) is 25.9. The number of benzene rings is 2. The smallest absolute Gasteiger partial charge is 0.243 e. The van der Waals surface area contributed by atoms with Crippen LogP contribution in [0.3, 0.4) is 0 Å². The molecular weight excluding hydrogens is 671 g/mol. The molecule has 2 aliphatic rings. The molecule has 1 aliphatic heterocycles. The molecule has 1 saturated carbocycles. The fourth-order valence-electron chi connectivity index (χ4n) is 5.92. The molecule has 5 rings (SSSR count). The number of aryl methyl sites for hydroxylation is 1. The molecule has 1 atom stereocenters. The van der Waals surface area contributed by atoms with Crippen molar-refractivity contribution < 1.29 is 13.2 Å². The van der Waals surface area contributed by atoms with Crippen molar-refractivity contribution in [2.45, 2.75) is 62.8 Å². The molecule has 246 valence electrons. The maximum atomic E-state index is 13.4. The van der Waals surface area contributed by atoms with Crippen LogP contribution in [0.4, 0.5) is 17.3 Å². The number of guanidine groups is 1. The Balaban J connectivity index is 1.36. The summed E-state index contributed by atoms with van der Waals surface area (Å²) in [5.74, 6) is 0.275. The predicted octanol–water partition coefficient (Wildman–Crippen LogP) is 5.90. The molecule has 1 aliphatic carbocycles. The molecule has 1 saturated heterocycles. The molecule has 3 aromatic rings. The molecule has 1 amide bonds. The van der Waals surface area contributed by atoms with E-state index in [1.165, 1.54) is 4.31 Å². The number of sulfonamides is 1. The lowest BCUT2D eigenvalue weighted by molar-refractivity contribution is -0.122. The lowest BCUT2D eigenvalue weighted by atomic mass is 9.79. The third-order valence-electron chi connectivity index (χ3n) is 8.45. The Hall–Kier alpha value is -3.16. The van der Waals surface area contributed by atoms with Crippen LogP contribution in [0.2, 0.25) is 15.1 Å². The molecule has 15 heteroatoms. The number of rotatable bonds is 9. The second-order valence-corrected chi connectivity index (χ2v) is 15.1. The number of carbonyl (C=O) groups excluding carboxylic acids is 1. The van der Waals surface area contributed by atoms with Gasteiger partial charge in [-0.3, -0.25) is 4.79 Å². The summed E-state index contributed by atoms with van der Waals surface area (Å²) in [5, 5.41) is 7.24. The molecule has 1 aromatic heterocycles. The maximum Gasteiger partial charge on any atom is 0.243 e. The number of carbonyl (C=O) groups is 1. The van der Waals surface area contributed by atoms with Crippen LogP contribution >= 0.6 is 34.8 Å². The van der Waals surface area contributed by atoms with Crippen molar-refractivity contribution in [1.82, 2.24) is 14.3 Å². The highest BCUT2D eigenvalue weighted by molar-refractivity contribution is 7.89. The van der Waals surface area contributed by atoms with E-state index >= 15 is 0 Å². The van der Waals surface area contributed by atoms with Crippen LogP contribution in [-0.2, 0) is 21.2 Å². The minimum absolute atomic E-state index is 0.0263. The van der Waals surface area contributed by atoms with Gasteiger partial charge in [-0.1, -0.05) is 52.5 Å². The van der Waals surface area contributed by atoms with Gasteiger partial charge in [0.05, 0.1) is 32.5 Å². The first-order chi connectivity index (χ1) is 21.9. The summed E-state index contributed by atoms with van der Waals surface area (Å²) in [7, 11) is -3.64. The number of amides is 1. The van der Waals surface area contributed by atoms with Crippen molar-refractivity contribution in [3.63, 3.8) is 0 Å². The quantitative estimate of drug-likeness (QED) is 0.157. The Morgan fingerprint density at radius 2 is 1.72 bits per heavy atom. The fourth-order valence-corrected chi connectivity index (χ4v) is 8.35. The van der Waals surface area contributed by atoms with Crippen molar-refractivity contribution in [3.05, 3.63) is 68.9 Å². The lowest BCUT2D eigenvalue weighted by Crippen LogP contribution is -2.45. The summed E-state index contributed by atoms with van der Waals surface area (Å²) in [6, 6.07) is 9.77. The number of nitrogens with one attached hydrogen (secondary N) is 2. The van der Waals surface area contributed by atoms with Gasteiger partial charge in [-0.25, -0.2) is 23.4 Å². The Morgan fingerprint density at radius 3 is 2.37 bits per heavy atom. The molecular formula is C31H37Cl3N8O3S. The monoisotopic (exact) mass is 706 g/mol. The average Bonchev–Trinajstić information content (AvgIpc) is 3.01. The van der Waals surface area contributed by atoms with E-state index in [-0.39, 0.29) is 51.2 Å². The van der Waals surface area contributed by atoms with Crippen LogP contribution in [0.5, 0.6) is 0 Å². The van der Waals surface area contributed by atoms with Gasteiger partial charge >= 0.3 is 0 Å². The highest BCUT2D eigenvalue weighted by Crippen LogP contribution is 2.35. The Morgan fingerprint density at radius 1 is 1.04 bits per heavy atom. The van der Waals surface area contributed by atoms with E-state index < -0.39 is 10.0 Å². The Labute approximate surface area is 284 Å². The molecule has 11 nitrogen and oxygen atoms in total. The van der Waals surface area contributed by atoms with Crippen LogP contribution in [0.25, 0.3) is 0 Å². The van der Waals surface area contributed by atoms with E-state index in [1.807, 2.05) is 6.92 Å². The first kappa shape index (κ1) is 34.2. The second-order valence-electron chi connectivity index (χ2n) is 11.9. The van der Waals surface area contributed by atoms with Gasteiger partial charge in [0.1, 0.15) is 5.69 Å². The summed E-state index contributed by atoms with van der Waals surface area (Å²) in [5.41, 5.74) is 14.3. The van der Waals surface area contributed by atoms with E-state index in [1.54, 1.807) is 42.6 Å². The molecule has 6 N–H and O–H groups in total. The van der Waals surface area contributed by atoms with E-state index in [9.17, 15) is 13.2 Å². The molecule has 2 heterocycles. The van der Waals surface area contributed by atoms with Gasteiger partial charge < -0.3 is 22.1 Å². The number of nitrogens with zero attached hydrogens (tertiary/aromatic N) is 4. The predicted molar refractivity (Wildman–Crippen MR) is 183 cm³/mol. The minimum atomic E-state index is -3.64. The molecule has 0 unspecified atom stereocenters. The summed E-state index contributed by atoms with van der Waals surface area (Å²) >= 11 is 18.7. The largest absolute Gasteiger partial charge is 0.369 e. The molecule has 2 fully saturated rings. The van der Waals surface area contributed by atoms with Gasteiger partial charge in [-0.15, -0.1) is 0 Å². The van der Waals surface area contributed by atoms with E-state index in [2.05, 4.69) is 20.6 Å². The number of primary amides is 1. The van der Waals surface area contributed by atoms with Gasteiger partial charge in [0.15, 0.2) is 5.96 Å². The van der Waals surface area contributed by atoms with Crippen LogP contribution < -0.4 is 22.1 Å². The number of aliphatic imine (C=N–C) groups is 1. The third kappa shape index (κ3) is 8.40. The van der Waals surface area contributed by atoms with Crippen molar-refractivity contribution >= 4 is 74.0 Å². The lowest BCUT2D eigenvalue weighted by Gasteiger charge is -2.32. The fraction of sp³-hybridized carbons (Fsp3) is 0.419. The van der Waals surface area contributed by atoms with Crippen molar-refractivity contribution in [2.24, 2.45) is 28.3 Å². The summed E-state index contributed by atoms with van der Waals surface area (Å²) in [6.45, 7) is 2.64. The zero-order chi connectivity index (χ0) is 33.0. The number of anilines is 2. The average molecular weight is 708 g/mol. The highest BCUT2D eigenvalue weighted by Gasteiger charge is 2.31. The van der Waals surface area contributed by atoms with Crippen molar-refractivity contribution in [2.75, 3.05) is 23.7 Å². The maximum absolute atomic E-state index is 13.4. The highest BCUT2D eigenvalue weighted by atomic mass is 35.5. The van der Waals surface area contributed by atoms with Gasteiger partial charge in [0.25, 0.3) is 0 Å². The van der Waals surface area contributed by atoms with E-state index in [0.717, 1.165) is 37.7 Å². The van der Waals surface area contributed by atoms with E-state index in [0.29, 0.717) is 47.4 Å². The first-order valence-corrected chi connectivity index (χ1v) is 17.7. The standard InChI is InChI=1S/C31H37Cl3N8O3S/c1-18-4-10-23(11-5-18)46(44,45)42-12-2-3-22(17-42)38-31-37-16-27(26(40-31)13-19-6-8-20(9-7-19)29(35)43)39-30(36)41-28-24(33)14-21(32)15-25(28)34/h4-5,10-11,14-16,19-20,22H,2-3,6-9,12-13,17H2,1H3,(H2,35,43)(H3,36,39,41)(H,37,38,40)/t19-,20+,22-/m1/s1. The summed E-state index contributed by atoms with van der Waals surface area (Å²) in [6.07, 6.45) is 6.70. The van der Waals surface area contributed by atoms with Crippen molar-refractivity contribution in [1.29, 1.82) is 0 Å². The van der Waals surface area contributed by atoms with Gasteiger partial charge in [-0.2, -0.15) is 4.31 Å². The molecule has 2 aromatic carbocycles. The van der Waals surface area contributed by atoms with Crippen LogP contribution in [0, 0.1) is 18.8 Å². The third-order valence-corrected chi connectivity index (χ3v) is 11.1. The molecule has 0 bridgehead atoms. The zero-order valence-corrected chi connectivity index (χ0v) is 28.4. The van der Waals surface area contributed by atoms with Gasteiger partial charge in [0, 0.05) is 30.1 Å². The van der Waals surface area contributed by atoms with Crippen LogP contribution in [-0.4, -0.2) is 53.7 Å². The van der Waals surface area contributed by atoms with Crippen LogP contribution in [0.15, 0.2) is 52.5 Å².